The molecule has 0 radical (unpaired) electrons. The molecule has 0 aliphatic rings. The van der Waals surface area contributed by atoms with Crippen LogP contribution in [0.2, 0.25) is 0 Å². The van der Waals surface area contributed by atoms with E-state index in [1.165, 1.54) is 12.0 Å². The first-order chi connectivity index (χ1) is 10.2. The Hall–Kier alpha value is -0.830. The zero-order valence-electron chi connectivity index (χ0n) is 13.4. The molecule has 0 fully saturated rings. The number of nitrogens with one attached hydrogen (secondary N) is 2. The van der Waals surface area contributed by atoms with E-state index < -0.39 is 0 Å². The second kappa shape index (κ2) is 12.7. The van der Waals surface area contributed by atoms with E-state index in [0.717, 1.165) is 31.9 Å². The Labute approximate surface area is 154 Å². The van der Waals surface area contributed by atoms with Crippen LogP contribution in [0, 0.1) is 0 Å². The smallest absolute Gasteiger partial charge is 0.305 e. The SMILES string of the molecule is CN=C(NCCCCC(=O)OC)NCC(C)c1cccs1.I. The molecule has 22 heavy (non-hydrogen) atoms. The molecule has 0 saturated carbocycles. The van der Waals surface area contributed by atoms with Crippen LogP contribution in [-0.4, -0.2) is 39.2 Å². The van der Waals surface area contributed by atoms with Gasteiger partial charge in [-0.3, -0.25) is 9.79 Å². The maximum atomic E-state index is 11.0. The summed E-state index contributed by atoms with van der Waals surface area (Å²) in [5.41, 5.74) is 0. The van der Waals surface area contributed by atoms with Crippen molar-refractivity contribution in [2.24, 2.45) is 4.99 Å². The summed E-state index contributed by atoms with van der Waals surface area (Å²) in [6, 6.07) is 4.23. The summed E-state index contributed by atoms with van der Waals surface area (Å²) in [7, 11) is 3.18. The quantitative estimate of drug-likeness (QED) is 0.215. The number of rotatable bonds is 8. The number of nitrogens with zero attached hydrogens (tertiary/aromatic N) is 1. The lowest BCUT2D eigenvalue weighted by atomic mass is 10.1. The predicted octanol–water partition coefficient (Wildman–Crippen LogP) is 2.98. The number of guanidine groups is 1. The van der Waals surface area contributed by atoms with Gasteiger partial charge in [0, 0.05) is 37.4 Å². The maximum Gasteiger partial charge on any atom is 0.305 e. The number of carbonyl (C=O) groups is 1. The molecule has 0 aromatic carbocycles. The summed E-state index contributed by atoms with van der Waals surface area (Å²) in [6.07, 6.45) is 2.21. The molecular formula is C15H26IN3O2S. The Morgan fingerprint density at radius 3 is 2.77 bits per heavy atom. The van der Waals surface area contributed by atoms with Crippen LogP contribution < -0.4 is 10.6 Å². The molecule has 0 spiro atoms. The van der Waals surface area contributed by atoms with Crippen molar-refractivity contribution < 1.29 is 9.53 Å². The average molecular weight is 439 g/mol. The predicted molar refractivity (Wildman–Crippen MR) is 103 cm³/mol. The molecule has 0 amide bonds. The first-order valence-electron chi connectivity index (χ1n) is 7.22. The van der Waals surface area contributed by atoms with Crippen molar-refractivity contribution in [2.45, 2.75) is 32.1 Å². The molecule has 5 nitrogen and oxygen atoms in total. The lowest BCUT2D eigenvalue weighted by molar-refractivity contribution is -0.140. The van der Waals surface area contributed by atoms with Crippen LogP contribution in [0.15, 0.2) is 22.5 Å². The van der Waals surface area contributed by atoms with Gasteiger partial charge in [0.25, 0.3) is 0 Å². The standard InChI is InChI=1S/C15H25N3O2S.HI/c1-12(13-7-6-10-21-13)11-18-15(16-2)17-9-5-4-8-14(19)20-3;/h6-7,10,12H,4-5,8-9,11H2,1-3H3,(H2,16,17,18);1H. The minimum Gasteiger partial charge on any atom is -0.469 e. The normalized spacial score (nSPS) is 12.2. The number of esters is 1. The molecule has 126 valence electrons. The molecule has 2 N–H and O–H groups in total. The van der Waals surface area contributed by atoms with Crippen molar-refractivity contribution in [1.29, 1.82) is 0 Å². The lowest BCUT2D eigenvalue weighted by Gasteiger charge is -2.15. The van der Waals surface area contributed by atoms with Crippen LogP contribution in [0.25, 0.3) is 0 Å². The minimum absolute atomic E-state index is 0. The van der Waals surface area contributed by atoms with Gasteiger partial charge >= 0.3 is 5.97 Å². The summed E-state index contributed by atoms with van der Waals surface area (Å²) < 4.78 is 4.60. The molecule has 7 heteroatoms. The summed E-state index contributed by atoms with van der Waals surface area (Å²) in [5.74, 6) is 1.11. The average Bonchev–Trinajstić information content (AvgIpc) is 3.03. The molecular weight excluding hydrogens is 413 g/mol. The Morgan fingerprint density at radius 2 is 2.18 bits per heavy atom. The van der Waals surface area contributed by atoms with Crippen molar-refractivity contribution in [3.05, 3.63) is 22.4 Å². The van der Waals surface area contributed by atoms with Crippen LogP contribution >= 0.6 is 35.3 Å². The van der Waals surface area contributed by atoms with E-state index in [0.29, 0.717) is 12.3 Å². The van der Waals surface area contributed by atoms with Gasteiger partial charge in [0.1, 0.15) is 0 Å². The molecule has 1 heterocycles. The van der Waals surface area contributed by atoms with Crippen LogP contribution in [0.5, 0.6) is 0 Å². The Bertz CT molecular complexity index is 438. The molecule has 1 unspecified atom stereocenters. The van der Waals surface area contributed by atoms with Crippen LogP contribution in [0.1, 0.15) is 37.0 Å². The van der Waals surface area contributed by atoms with E-state index in [1.807, 2.05) is 0 Å². The topological polar surface area (TPSA) is 62.7 Å². The van der Waals surface area contributed by atoms with Crippen molar-refractivity contribution in [3.8, 4) is 0 Å². The largest absolute Gasteiger partial charge is 0.469 e. The molecule has 1 aromatic rings. The molecule has 0 aliphatic heterocycles. The number of thiophene rings is 1. The summed E-state index contributed by atoms with van der Waals surface area (Å²) in [4.78, 5) is 16.5. The van der Waals surface area contributed by atoms with E-state index >= 15 is 0 Å². The number of hydrogen-bond acceptors (Lipinski definition) is 4. The molecule has 0 saturated heterocycles. The van der Waals surface area contributed by atoms with Crippen LogP contribution in [0.4, 0.5) is 0 Å². The van der Waals surface area contributed by atoms with Gasteiger partial charge in [-0.05, 0) is 24.3 Å². The van der Waals surface area contributed by atoms with Crippen molar-refractivity contribution in [2.75, 3.05) is 27.2 Å². The fourth-order valence-electron chi connectivity index (χ4n) is 1.85. The first-order valence-corrected chi connectivity index (χ1v) is 8.10. The van der Waals surface area contributed by atoms with Gasteiger partial charge < -0.3 is 15.4 Å². The van der Waals surface area contributed by atoms with Gasteiger partial charge in [-0.25, -0.2) is 0 Å². The Kier molecular flexibility index (Phi) is 12.2. The third-order valence-corrected chi connectivity index (χ3v) is 4.26. The molecule has 1 aromatic heterocycles. The third-order valence-electron chi connectivity index (χ3n) is 3.16. The van der Waals surface area contributed by atoms with E-state index in [2.05, 4.69) is 44.8 Å². The van der Waals surface area contributed by atoms with Gasteiger partial charge in [-0.2, -0.15) is 0 Å². The number of unbranched alkanes of at least 4 members (excludes halogenated alkanes) is 1. The fourth-order valence-corrected chi connectivity index (χ4v) is 2.63. The Morgan fingerprint density at radius 1 is 1.41 bits per heavy atom. The van der Waals surface area contributed by atoms with E-state index in [9.17, 15) is 4.79 Å². The van der Waals surface area contributed by atoms with Crippen molar-refractivity contribution in [1.82, 2.24) is 10.6 Å². The van der Waals surface area contributed by atoms with Gasteiger partial charge in [0.2, 0.25) is 0 Å². The van der Waals surface area contributed by atoms with Crippen LogP contribution in [-0.2, 0) is 9.53 Å². The molecule has 1 rings (SSSR count). The number of hydrogen-bond donors (Lipinski definition) is 2. The lowest BCUT2D eigenvalue weighted by Crippen LogP contribution is -2.39. The Balaban J connectivity index is 0.00000441. The minimum atomic E-state index is -0.151. The highest BCUT2D eigenvalue weighted by molar-refractivity contribution is 14.0. The zero-order chi connectivity index (χ0) is 15.5. The van der Waals surface area contributed by atoms with Gasteiger partial charge in [-0.1, -0.05) is 13.0 Å². The first kappa shape index (κ1) is 21.2. The monoisotopic (exact) mass is 439 g/mol. The second-order valence-corrected chi connectivity index (χ2v) is 5.81. The highest BCUT2D eigenvalue weighted by Crippen LogP contribution is 2.19. The second-order valence-electron chi connectivity index (χ2n) is 4.83. The molecule has 1 atom stereocenters. The van der Waals surface area contributed by atoms with E-state index in [-0.39, 0.29) is 29.9 Å². The number of carbonyl (C=O) groups excluding carboxylic acids is 1. The van der Waals surface area contributed by atoms with E-state index in [1.54, 1.807) is 18.4 Å². The molecule has 0 bridgehead atoms. The number of ether oxygens (including phenoxy) is 1. The van der Waals surface area contributed by atoms with Gasteiger partial charge in [0.05, 0.1) is 7.11 Å². The highest BCUT2D eigenvalue weighted by Gasteiger charge is 2.07. The van der Waals surface area contributed by atoms with Crippen LogP contribution in [0.3, 0.4) is 0 Å². The van der Waals surface area contributed by atoms with Crippen molar-refractivity contribution in [3.63, 3.8) is 0 Å². The summed E-state index contributed by atoms with van der Waals surface area (Å²) in [6.45, 7) is 3.84. The summed E-state index contributed by atoms with van der Waals surface area (Å²) in [5, 5.41) is 8.67. The number of halogens is 1. The van der Waals surface area contributed by atoms with Crippen molar-refractivity contribution >= 4 is 47.2 Å². The fraction of sp³-hybridized carbons (Fsp3) is 0.600. The number of methoxy groups -OCH3 is 1. The third kappa shape index (κ3) is 8.57. The molecule has 0 aliphatic carbocycles. The van der Waals surface area contributed by atoms with E-state index in [4.69, 9.17) is 0 Å². The zero-order valence-corrected chi connectivity index (χ0v) is 16.6. The number of aliphatic imine (C=N–C) groups is 1. The van der Waals surface area contributed by atoms with Gasteiger partial charge in [0.15, 0.2) is 5.96 Å². The summed E-state index contributed by atoms with van der Waals surface area (Å²) >= 11 is 1.78. The maximum absolute atomic E-state index is 11.0. The highest BCUT2D eigenvalue weighted by atomic mass is 127. The van der Waals surface area contributed by atoms with Gasteiger partial charge in [-0.15, -0.1) is 35.3 Å².